The van der Waals surface area contributed by atoms with Crippen LogP contribution in [0.15, 0.2) is 0 Å². The van der Waals surface area contributed by atoms with E-state index in [4.69, 9.17) is 9.11 Å². The minimum Gasteiger partial charge on any atom is -0.286 e. The van der Waals surface area contributed by atoms with Crippen LogP contribution in [0.3, 0.4) is 0 Å². The first-order valence-electron chi connectivity index (χ1n) is 9.18. The highest BCUT2D eigenvalue weighted by atomic mass is 32.2. The maximum absolute atomic E-state index is 11.0. The molecule has 0 aliphatic rings. The summed E-state index contributed by atoms with van der Waals surface area (Å²) in [6.45, 7) is 7.44. The van der Waals surface area contributed by atoms with Crippen LogP contribution < -0.4 is 0 Å². The maximum atomic E-state index is 11.0. The summed E-state index contributed by atoms with van der Waals surface area (Å²) in [7, 11) is -7.83. The second-order valence-corrected chi connectivity index (χ2v) is 13.9. The number of thioether (sulfide) groups is 2. The Labute approximate surface area is 174 Å². The van der Waals surface area contributed by atoms with E-state index in [9.17, 15) is 16.8 Å². The minimum atomic E-state index is -3.91. The molecule has 0 bridgehead atoms. The normalized spacial score (nSPS) is 13.9. The summed E-state index contributed by atoms with van der Waals surface area (Å²) >= 11 is 3.73. The Bertz CT molecular complexity index is 557. The van der Waals surface area contributed by atoms with E-state index in [1.165, 1.54) is 0 Å². The monoisotopic (exact) mass is 464 g/mol. The number of hydrogen-bond donors (Lipinski definition) is 2. The topological polar surface area (TPSA) is 109 Å². The van der Waals surface area contributed by atoms with Crippen LogP contribution in [0.4, 0.5) is 0 Å². The van der Waals surface area contributed by atoms with Gasteiger partial charge in [0.2, 0.25) is 0 Å². The molecule has 0 aliphatic heterocycles. The van der Waals surface area contributed by atoms with Crippen molar-refractivity contribution in [1.29, 1.82) is 0 Å². The van der Waals surface area contributed by atoms with E-state index in [-0.39, 0.29) is 11.5 Å². The summed E-state index contributed by atoms with van der Waals surface area (Å²) in [6.07, 6.45) is 4.52. The molecule has 0 unspecified atom stereocenters. The van der Waals surface area contributed by atoms with Crippen LogP contribution in [0.25, 0.3) is 0 Å². The molecule has 0 saturated carbocycles. The van der Waals surface area contributed by atoms with Crippen LogP contribution in [0.2, 0.25) is 0 Å². The van der Waals surface area contributed by atoms with Gasteiger partial charge in [-0.2, -0.15) is 40.4 Å². The first kappa shape index (κ1) is 27.5. The predicted octanol–water partition coefficient (Wildman–Crippen LogP) is 4.23. The fourth-order valence-electron chi connectivity index (χ4n) is 2.90. The molecule has 0 amide bonds. The molecule has 0 aromatic rings. The van der Waals surface area contributed by atoms with Gasteiger partial charge in [-0.25, -0.2) is 0 Å². The van der Waals surface area contributed by atoms with Gasteiger partial charge in [-0.1, -0.05) is 27.7 Å². The van der Waals surface area contributed by atoms with Gasteiger partial charge in [0.15, 0.2) is 0 Å². The third kappa shape index (κ3) is 19.6. The Morgan fingerprint density at radius 1 is 0.630 bits per heavy atom. The van der Waals surface area contributed by atoms with Crippen molar-refractivity contribution in [3.8, 4) is 0 Å². The highest BCUT2D eigenvalue weighted by Crippen LogP contribution is 2.26. The fraction of sp³-hybridized carbons (Fsp3) is 1.00. The van der Waals surface area contributed by atoms with Gasteiger partial charge in [0, 0.05) is 0 Å². The highest BCUT2D eigenvalue weighted by Gasteiger charge is 2.25. The van der Waals surface area contributed by atoms with Gasteiger partial charge < -0.3 is 0 Å². The fourth-order valence-corrected chi connectivity index (χ4v) is 7.15. The average molecular weight is 465 g/mol. The molecule has 0 atom stereocenters. The van der Waals surface area contributed by atoms with Crippen molar-refractivity contribution in [2.24, 2.45) is 10.8 Å². The lowest BCUT2D eigenvalue weighted by Gasteiger charge is -2.22. The second-order valence-electron chi connectivity index (χ2n) is 8.57. The van der Waals surface area contributed by atoms with E-state index in [0.29, 0.717) is 0 Å². The lowest BCUT2D eigenvalue weighted by molar-refractivity contribution is 0.358. The molecule has 6 nitrogen and oxygen atoms in total. The van der Waals surface area contributed by atoms with Crippen molar-refractivity contribution in [3.05, 3.63) is 0 Å². The Morgan fingerprint density at radius 3 is 1.22 bits per heavy atom. The van der Waals surface area contributed by atoms with E-state index in [2.05, 4.69) is 0 Å². The SMILES string of the molecule is CC(C)(CCCSCCCSCCCC(C)(C)CS(=O)(=O)O)CS(=O)(=O)O. The largest absolute Gasteiger partial charge is 0.286 e. The molecule has 0 spiro atoms. The van der Waals surface area contributed by atoms with Gasteiger partial charge in [0.25, 0.3) is 20.2 Å². The minimum absolute atomic E-state index is 0.192. The van der Waals surface area contributed by atoms with Crippen molar-refractivity contribution in [3.63, 3.8) is 0 Å². The van der Waals surface area contributed by atoms with E-state index >= 15 is 0 Å². The van der Waals surface area contributed by atoms with Crippen molar-refractivity contribution >= 4 is 43.8 Å². The van der Waals surface area contributed by atoms with Crippen molar-refractivity contribution in [2.45, 2.75) is 59.8 Å². The van der Waals surface area contributed by atoms with Gasteiger partial charge in [-0.3, -0.25) is 9.11 Å². The zero-order chi connectivity index (χ0) is 21.2. The van der Waals surface area contributed by atoms with Crippen LogP contribution in [-0.4, -0.2) is 60.5 Å². The second kappa shape index (κ2) is 12.3. The third-order valence-corrected chi connectivity index (χ3v) is 8.61. The Kier molecular flexibility index (Phi) is 12.5. The summed E-state index contributed by atoms with van der Waals surface area (Å²) in [4.78, 5) is 0. The molecule has 0 saturated heterocycles. The molecule has 0 aliphatic carbocycles. The van der Waals surface area contributed by atoms with Crippen molar-refractivity contribution in [2.75, 3.05) is 34.5 Å². The molecule has 2 N–H and O–H groups in total. The molecular formula is C17H36O6S4. The van der Waals surface area contributed by atoms with E-state index < -0.39 is 31.1 Å². The molecule has 0 rings (SSSR count). The molecule has 0 heterocycles. The Balaban J connectivity index is 3.61. The van der Waals surface area contributed by atoms with Crippen LogP contribution in [0.5, 0.6) is 0 Å². The van der Waals surface area contributed by atoms with E-state index in [1.807, 2.05) is 51.2 Å². The van der Waals surface area contributed by atoms with Gasteiger partial charge >= 0.3 is 0 Å². The molecule has 0 aromatic heterocycles. The van der Waals surface area contributed by atoms with Gasteiger partial charge in [0.1, 0.15) is 0 Å². The van der Waals surface area contributed by atoms with Gasteiger partial charge in [0.05, 0.1) is 11.5 Å². The molecule has 0 radical (unpaired) electrons. The lowest BCUT2D eigenvalue weighted by atomic mass is 9.91. The number of rotatable bonds is 16. The van der Waals surface area contributed by atoms with Crippen LogP contribution in [0, 0.1) is 10.8 Å². The first-order valence-corrected chi connectivity index (χ1v) is 14.7. The zero-order valence-corrected chi connectivity index (χ0v) is 20.2. The molecular weight excluding hydrogens is 428 g/mol. The van der Waals surface area contributed by atoms with Crippen LogP contribution in [0.1, 0.15) is 59.8 Å². The summed E-state index contributed by atoms with van der Waals surface area (Å²) in [5, 5.41) is 0. The maximum Gasteiger partial charge on any atom is 0.265 e. The molecule has 164 valence electrons. The highest BCUT2D eigenvalue weighted by molar-refractivity contribution is 8.00. The molecule has 27 heavy (non-hydrogen) atoms. The standard InChI is InChI=1S/C17H36O6S4/c1-16(2,14-26(18,19)20)8-5-10-24-12-7-13-25-11-6-9-17(3,4)15-27(21,22)23/h5-15H2,1-4H3,(H,18,19,20)(H,21,22,23). The smallest absolute Gasteiger partial charge is 0.265 e. The summed E-state index contributed by atoms with van der Waals surface area (Å²) in [5.74, 6) is 3.73. The predicted molar refractivity (Wildman–Crippen MR) is 118 cm³/mol. The summed E-state index contributed by atoms with van der Waals surface area (Å²) in [5.41, 5.74) is -0.791. The van der Waals surface area contributed by atoms with E-state index in [0.717, 1.165) is 55.1 Å². The molecule has 0 fully saturated rings. The summed E-state index contributed by atoms with van der Waals surface area (Å²) < 4.78 is 61.7. The molecule has 10 heteroatoms. The van der Waals surface area contributed by atoms with E-state index in [1.54, 1.807) is 0 Å². The van der Waals surface area contributed by atoms with Crippen molar-refractivity contribution < 1.29 is 25.9 Å². The summed E-state index contributed by atoms with van der Waals surface area (Å²) in [6, 6.07) is 0. The first-order chi connectivity index (χ1) is 12.1. The molecule has 0 aromatic carbocycles. The quantitative estimate of drug-likeness (QED) is 0.258. The third-order valence-electron chi connectivity index (χ3n) is 4.01. The van der Waals surface area contributed by atoms with Gasteiger partial charge in [-0.15, -0.1) is 0 Å². The van der Waals surface area contributed by atoms with Crippen LogP contribution >= 0.6 is 23.5 Å². The lowest BCUT2D eigenvalue weighted by Crippen LogP contribution is -2.23. The van der Waals surface area contributed by atoms with Crippen LogP contribution in [-0.2, 0) is 20.2 Å². The number of hydrogen-bond acceptors (Lipinski definition) is 6. The zero-order valence-electron chi connectivity index (χ0n) is 16.9. The average Bonchev–Trinajstić information content (AvgIpc) is 2.39. The Morgan fingerprint density at radius 2 is 0.926 bits per heavy atom. The Hall–Kier alpha value is 0.520. The van der Waals surface area contributed by atoms with Crippen molar-refractivity contribution in [1.82, 2.24) is 0 Å². The van der Waals surface area contributed by atoms with Gasteiger partial charge in [-0.05, 0) is 65.9 Å².